The third kappa shape index (κ3) is 4.01. The molecule has 2 heterocycles. The van der Waals surface area contributed by atoms with Crippen molar-refractivity contribution in [2.45, 2.75) is 38.8 Å². The van der Waals surface area contributed by atoms with Gasteiger partial charge in [-0.15, -0.1) is 11.3 Å². The van der Waals surface area contributed by atoms with E-state index < -0.39 is 5.97 Å². The number of carbonyl (C=O) groups is 2. The third-order valence-corrected chi connectivity index (χ3v) is 4.55. The summed E-state index contributed by atoms with van der Waals surface area (Å²) >= 11 is 1.13. The van der Waals surface area contributed by atoms with Crippen LogP contribution in [0.1, 0.15) is 47.0 Å². The third-order valence-electron chi connectivity index (χ3n) is 3.73. The topological polar surface area (TPSA) is 71.5 Å². The molecule has 0 aromatic carbocycles. The van der Waals surface area contributed by atoms with Crippen LogP contribution in [-0.4, -0.2) is 54.0 Å². The Balaban J connectivity index is 1.93. The van der Waals surface area contributed by atoms with Gasteiger partial charge < -0.3 is 15.0 Å². The zero-order valence-electron chi connectivity index (χ0n) is 12.6. The van der Waals surface area contributed by atoms with Crippen LogP contribution in [0.15, 0.2) is 5.38 Å². The maximum atomic E-state index is 12.2. The molecule has 6 nitrogen and oxygen atoms in total. The lowest BCUT2D eigenvalue weighted by Crippen LogP contribution is -2.47. The molecule has 1 aliphatic heterocycles. The van der Waals surface area contributed by atoms with Gasteiger partial charge in [0.1, 0.15) is 5.69 Å². The molecule has 2 rings (SSSR count). The minimum atomic E-state index is -0.477. The van der Waals surface area contributed by atoms with Crippen molar-refractivity contribution in [3.05, 3.63) is 16.1 Å². The van der Waals surface area contributed by atoms with Gasteiger partial charge in [0.2, 0.25) is 5.01 Å². The summed E-state index contributed by atoms with van der Waals surface area (Å²) in [5.41, 5.74) is 0.287. The lowest BCUT2D eigenvalue weighted by molar-refractivity contribution is 0.0526. The van der Waals surface area contributed by atoms with Crippen molar-refractivity contribution in [3.8, 4) is 0 Å². The Morgan fingerprint density at radius 3 is 3.00 bits per heavy atom. The molecule has 0 spiro atoms. The Bertz CT molecular complexity index is 517. The summed E-state index contributed by atoms with van der Waals surface area (Å²) in [6.45, 7) is 5.16. The predicted molar refractivity (Wildman–Crippen MR) is 80.7 cm³/mol. The number of nitrogens with zero attached hydrogens (tertiary/aromatic N) is 2. The van der Waals surface area contributed by atoms with Crippen LogP contribution < -0.4 is 5.32 Å². The highest BCUT2D eigenvalue weighted by Crippen LogP contribution is 2.16. The molecule has 21 heavy (non-hydrogen) atoms. The van der Waals surface area contributed by atoms with Gasteiger partial charge in [-0.25, -0.2) is 9.78 Å². The number of carbonyl (C=O) groups excluding carboxylic acids is 2. The van der Waals surface area contributed by atoms with Crippen LogP contribution in [-0.2, 0) is 4.74 Å². The maximum absolute atomic E-state index is 12.2. The first kappa shape index (κ1) is 15.9. The molecule has 7 heteroatoms. The highest BCUT2D eigenvalue weighted by atomic mass is 32.1. The lowest BCUT2D eigenvalue weighted by Gasteiger charge is -2.35. The van der Waals surface area contributed by atoms with Crippen LogP contribution >= 0.6 is 11.3 Å². The first-order valence-corrected chi connectivity index (χ1v) is 8.03. The van der Waals surface area contributed by atoms with E-state index in [1.54, 1.807) is 12.3 Å². The van der Waals surface area contributed by atoms with Gasteiger partial charge in [-0.3, -0.25) is 4.79 Å². The van der Waals surface area contributed by atoms with E-state index in [9.17, 15) is 9.59 Å². The quantitative estimate of drug-likeness (QED) is 0.854. The van der Waals surface area contributed by atoms with Gasteiger partial charge in [-0.1, -0.05) is 0 Å². The van der Waals surface area contributed by atoms with E-state index in [4.69, 9.17) is 4.74 Å². The molecule has 2 unspecified atom stereocenters. The van der Waals surface area contributed by atoms with Crippen LogP contribution in [0.4, 0.5) is 0 Å². The Hall–Kier alpha value is -1.47. The van der Waals surface area contributed by atoms with Gasteiger partial charge in [0.05, 0.1) is 6.61 Å². The Morgan fingerprint density at radius 1 is 1.57 bits per heavy atom. The van der Waals surface area contributed by atoms with Crippen LogP contribution in [0.3, 0.4) is 0 Å². The Labute approximate surface area is 128 Å². The summed E-state index contributed by atoms with van der Waals surface area (Å²) < 4.78 is 4.87. The van der Waals surface area contributed by atoms with E-state index in [2.05, 4.69) is 29.2 Å². The molecule has 0 aliphatic carbocycles. The zero-order valence-corrected chi connectivity index (χ0v) is 13.4. The maximum Gasteiger partial charge on any atom is 0.367 e. The number of hydrogen-bond donors (Lipinski definition) is 1. The number of rotatable bonds is 4. The van der Waals surface area contributed by atoms with E-state index in [1.165, 1.54) is 0 Å². The number of likely N-dealkylation sites (tertiary alicyclic amines) is 1. The second-order valence-corrected chi connectivity index (χ2v) is 6.14. The Kier molecular flexibility index (Phi) is 5.30. The standard InChI is InChI=1S/C14H21N3O3S/c1-4-20-14(19)13-16-11(8-21-13)12(18)15-10-5-6-17(3)9(2)7-10/h8-10H,4-7H2,1-3H3,(H,15,18). The monoisotopic (exact) mass is 311 g/mol. The van der Waals surface area contributed by atoms with Crippen LogP contribution in [0.5, 0.6) is 0 Å². The van der Waals surface area contributed by atoms with Crippen molar-refractivity contribution in [3.63, 3.8) is 0 Å². The molecule has 0 bridgehead atoms. The lowest BCUT2D eigenvalue weighted by atomic mass is 9.99. The summed E-state index contributed by atoms with van der Waals surface area (Å²) in [6.07, 6.45) is 1.86. The Morgan fingerprint density at radius 2 is 2.33 bits per heavy atom. The van der Waals surface area contributed by atoms with E-state index in [1.807, 2.05) is 0 Å². The van der Waals surface area contributed by atoms with E-state index in [0.29, 0.717) is 12.6 Å². The molecule has 116 valence electrons. The summed E-state index contributed by atoms with van der Waals surface area (Å²) in [7, 11) is 2.09. The van der Waals surface area contributed by atoms with Crippen molar-refractivity contribution in [1.82, 2.24) is 15.2 Å². The van der Waals surface area contributed by atoms with Gasteiger partial charge in [0.15, 0.2) is 0 Å². The van der Waals surface area contributed by atoms with Gasteiger partial charge in [-0.2, -0.15) is 0 Å². The molecule has 1 saturated heterocycles. The molecule has 2 atom stereocenters. The highest BCUT2D eigenvalue weighted by Gasteiger charge is 2.25. The minimum absolute atomic E-state index is 0.163. The number of nitrogens with one attached hydrogen (secondary N) is 1. The molecular weight excluding hydrogens is 290 g/mol. The van der Waals surface area contributed by atoms with Crippen LogP contribution in [0.2, 0.25) is 0 Å². The molecule has 0 saturated carbocycles. The molecule has 1 amide bonds. The fraction of sp³-hybridized carbons (Fsp3) is 0.643. The van der Waals surface area contributed by atoms with Crippen molar-refractivity contribution >= 4 is 23.2 Å². The smallest absolute Gasteiger partial charge is 0.367 e. The molecule has 0 radical (unpaired) electrons. The molecule has 1 aromatic heterocycles. The molecule has 1 aliphatic rings. The molecule has 1 N–H and O–H groups in total. The number of piperidine rings is 1. The fourth-order valence-electron chi connectivity index (χ4n) is 2.34. The van der Waals surface area contributed by atoms with Crippen molar-refractivity contribution < 1.29 is 14.3 Å². The summed E-state index contributed by atoms with van der Waals surface area (Å²) in [6, 6.07) is 0.617. The number of ether oxygens (including phenoxy) is 1. The zero-order chi connectivity index (χ0) is 15.4. The van der Waals surface area contributed by atoms with Crippen LogP contribution in [0, 0.1) is 0 Å². The van der Waals surface area contributed by atoms with Crippen molar-refractivity contribution in [2.24, 2.45) is 0 Å². The SMILES string of the molecule is CCOC(=O)c1nc(C(=O)NC2CCN(C)C(C)C2)cs1. The first-order valence-electron chi connectivity index (χ1n) is 7.15. The van der Waals surface area contributed by atoms with Crippen molar-refractivity contribution in [1.29, 1.82) is 0 Å². The number of esters is 1. The second kappa shape index (κ2) is 7.00. The second-order valence-electron chi connectivity index (χ2n) is 5.28. The minimum Gasteiger partial charge on any atom is -0.461 e. The highest BCUT2D eigenvalue weighted by molar-refractivity contribution is 7.11. The number of amides is 1. The average molecular weight is 311 g/mol. The van der Waals surface area contributed by atoms with Gasteiger partial charge >= 0.3 is 5.97 Å². The van der Waals surface area contributed by atoms with E-state index in [-0.39, 0.29) is 22.7 Å². The van der Waals surface area contributed by atoms with Gasteiger partial charge in [0, 0.05) is 24.0 Å². The number of hydrogen-bond acceptors (Lipinski definition) is 6. The number of thiazole rings is 1. The fourth-order valence-corrected chi connectivity index (χ4v) is 3.03. The van der Waals surface area contributed by atoms with Gasteiger partial charge in [-0.05, 0) is 33.7 Å². The van der Waals surface area contributed by atoms with Crippen molar-refractivity contribution in [2.75, 3.05) is 20.2 Å². The summed E-state index contributed by atoms with van der Waals surface area (Å²) in [5, 5.41) is 4.82. The predicted octanol–water partition coefficient (Wildman–Crippen LogP) is 1.53. The van der Waals surface area contributed by atoms with Gasteiger partial charge in [0.25, 0.3) is 5.91 Å². The summed E-state index contributed by atoms with van der Waals surface area (Å²) in [5.74, 6) is -0.696. The molecule has 1 aromatic rings. The largest absolute Gasteiger partial charge is 0.461 e. The molecular formula is C14H21N3O3S. The molecule has 1 fully saturated rings. The summed E-state index contributed by atoms with van der Waals surface area (Å²) in [4.78, 5) is 30.0. The average Bonchev–Trinajstić information content (AvgIpc) is 2.93. The number of aromatic nitrogens is 1. The van der Waals surface area contributed by atoms with E-state index >= 15 is 0 Å². The van der Waals surface area contributed by atoms with Crippen LogP contribution in [0.25, 0.3) is 0 Å². The van der Waals surface area contributed by atoms with E-state index in [0.717, 1.165) is 30.7 Å². The first-order chi connectivity index (χ1) is 10.0. The normalized spacial score (nSPS) is 22.8.